The van der Waals surface area contributed by atoms with Crippen molar-refractivity contribution < 1.29 is 9.59 Å². The maximum atomic E-state index is 12.8. The van der Waals surface area contributed by atoms with Crippen molar-refractivity contribution in [1.29, 1.82) is 0 Å². The van der Waals surface area contributed by atoms with Crippen LogP contribution in [0.2, 0.25) is 0 Å². The second-order valence-corrected chi connectivity index (χ2v) is 8.28. The van der Waals surface area contributed by atoms with Crippen LogP contribution in [0.4, 0.5) is 0 Å². The standard InChI is InChI=1S/C16H20N2O2S3/c1-10(2)7-8-18-15(20)12(16(21-3)22-4)14(19)13(17-18)11-6-5-9-23-11/h5-6,9-10H,7-8H2,1-4H3. The number of thioether (sulfide) groups is 2. The van der Waals surface area contributed by atoms with E-state index in [2.05, 4.69) is 18.9 Å². The smallest absolute Gasteiger partial charge is 0.279 e. The summed E-state index contributed by atoms with van der Waals surface area (Å²) in [6.07, 6.45) is 4.62. The third kappa shape index (κ3) is 4.08. The monoisotopic (exact) mass is 368 g/mol. The molecule has 2 heterocycles. The van der Waals surface area contributed by atoms with Crippen LogP contribution in [-0.2, 0) is 9.59 Å². The summed E-state index contributed by atoms with van der Waals surface area (Å²) in [7, 11) is 0. The van der Waals surface area contributed by atoms with Crippen LogP contribution in [0.25, 0.3) is 0 Å². The lowest BCUT2D eigenvalue weighted by Gasteiger charge is -2.25. The van der Waals surface area contributed by atoms with E-state index >= 15 is 0 Å². The number of ketones is 1. The van der Waals surface area contributed by atoms with Crippen LogP contribution in [0, 0.1) is 5.92 Å². The Kier molecular flexibility index (Phi) is 6.50. The van der Waals surface area contributed by atoms with Gasteiger partial charge in [-0.1, -0.05) is 19.9 Å². The first kappa shape index (κ1) is 18.3. The summed E-state index contributed by atoms with van der Waals surface area (Å²) >= 11 is 4.33. The molecule has 7 heteroatoms. The third-order valence-electron chi connectivity index (χ3n) is 3.36. The molecule has 23 heavy (non-hydrogen) atoms. The van der Waals surface area contributed by atoms with Crippen LogP contribution in [0.15, 0.2) is 32.4 Å². The van der Waals surface area contributed by atoms with Crippen molar-refractivity contribution >= 4 is 52.3 Å². The first-order valence-corrected chi connectivity index (χ1v) is 10.6. The zero-order chi connectivity index (χ0) is 17.0. The van der Waals surface area contributed by atoms with Gasteiger partial charge in [-0.3, -0.25) is 9.59 Å². The number of Topliss-reactive ketones (excluding diaryl/α,β-unsaturated/α-hetero) is 1. The molecule has 1 aromatic heterocycles. The number of hydrogen-bond donors (Lipinski definition) is 0. The molecule has 1 aliphatic rings. The number of rotatable bonds is 6. The zero-order valence-corrected chi connectivity index (χ0v) is 16.1. The second-order valence-electron chi connectivity index (χ2n) is 5.44. The molecule has 1 amide bonds. The van der Waals surface area contributed by atoms with E-state index in [4.69, 9.17) is 0 Å². The van der Waals surface area contributed by atoms with Crippen molar-refractivity contribution in [3.8, 4) is 0 Å². The Balaban J connectivity index is 2.49. The molecule has 0 unspecified atom stereocenters. The van der Waals surface area contributed by atoms with E-state index in [1.165, 1.54) is 39.9 Å². The molecular formula is C16H20N2O2S3. The van der Waals surface area contributed by atoms with Gasteiger partial charge in [0.25, 0.3) is 5.91 Å². The normalized spacial score (nSPS) is 15.4. The summed E-state index contributed by atoms with van der Waals surface area (Å²) < 4.78 is 0.749. The summed E-state index contributed by atoms with van der Waals surface area (Å²) in [5.74, 6) is -0.0829. The van der Waals surface area contributed by atoms with Crippen LogP contribution in [0.3, 0.4) is 0 Å². The van der Waals surface area contributed by atoms with Crippen molar-refractivity contribution in [3.05, 3.63) is 32.2 Å². The van der Waals surface area contributed by atoms with Crippen LogP contribution >= 0.6 is 34.9 Å². The molecule has 0 saturated carbocycles. The Morgan fingerprint density at radius 2 is 2.00 bits per heavy atom. The van der Waals surface area contributed by atoms with Gasteiger partial charge >= 0.3 is 0 Å². The van der Waals surface area contributed by atoms with Crippen molar-refractivity contribution in [2.45, 2.75) is 20.3 Å². The Bertz CT molecular complexity index is 642. The van der Waals surface area contributed by atoms with Crippen LogP contribution in [-0.4, -0.2) is 41.5 Å². The maximum absolute atomic E-state index is 12.8. The lowest BCUT2D eigenvalue weighted by Crippen LogP contribution is -2.40. The predicted molar refractivity (Wildman–Crippen MR) is 101 cm³/mol. The summed E-state index contributed by atoms with van der Waals surface area (Å²) in [4.78, 5) is 26.4. The molecule has 0 spiro atoms. The molecule has 0 aliphatic carbocycles. The van der Waals surface area contributed by atoms with E-state index < -0.39 is 0 Å². The Morgan fingerprint density at radius 1 is 1.30 bits per heavy atom. The van der Waals surface area contributed by atoms with Gasteiger partial charge in [-0.05, 0) is 36.3 Å². The third-order valence-corrected chi connectivity index (χ3v) is 6.39. The minimum Gasteiger partial charge on any atom is -0.286 e. The number of thiophene rings is 1. The fourth-order valence-electron chi connectivity index (χ4n) is 2.13. The predicted octanol–water partition coefficient (Wildman–Crippen LogP) is 3.85. The summed E-state index contributed by atoms with van der Waals surface area (Å²) in [5, 5.41) is 7.73. The summed E-state index contributed by atoms with van der Waals surface area (Å²) in [6.45, 7) is 4.74. The highest BCUT2D eigenvalue weighted by Crippen LogP contribution is 2.32. The molecule has 0 N–H and O–H groups in total. The highest BCUT2D eigenvalue weighted by molar-refractivity contribution is 8.21. The van der Waals surface area contributed by atoms with Gasteiger partial charge < -0.3 is 0 Å². The highest BCUT2D eigenvalue weighted by Gasteiger charge is 2.36. The summed E-state index contributed by atoms with van der Waals surface area (Å²) in [6, 6.07) is 3.76. The molecular weight excluding hydrogens is 348 g/mol. The molecule has 0 saturated heterocycles. The molecule has 0 radical (unpaired) electrons. The zero-order valence-electron chi connectivity index (χ0n) is 13.7. The molecule has 0 atom stereocenters. The minimum absolute atomic E-state index is 0.257. The van der Waals surface area contributed by atoms with Crippen LogP contribution in [0.1, 0.15) is 25.1 Å². The van der Waals surface area contributed by atoms with E-state index in [0.29, 0.717) is 18.2 Å². The van der Waals surface area contributed by atoms with E-state index in [1.807, 2.05) is 30.0 Å². The van der Waals surface area contributed by atoms with Gasteiger partial charge in [0.05, 0.1) is 9.11 Å². The first-order valence-electron chi connectivity index (χ1n) is 7.30. The van der Waals surface area contributed by atoms with E-state index in [-0.39, 0.29) is 17.3 Å². The average Bonchev–Trinajstić information content (AvgIpc) is 3.04. The number of hydrazone groups is 1. The Morgan fingerprint density at radius 3 is 2.52 bits per heavy atom. The largest absolute Gasteiger partial charge is 0.286 e. The van der Waals surface area contributed by atoms with Gasteiger partial charge in [-0.25, -0.2) is 5.01 Å². The highest BCUT2D eigenvalue weighted by atomic mass is 32.2. The molecule has 124 valence electrons. The lowest BCUT2D eigenvalue weighted by atomic mass is 10.0. The number of hydrogen-bond acceptors (Lipinski definition) is 6. The second kappa shape index (κ2) is 8.17. The molecule has 2 rings (SSSR count). The van der Waals surface area contributed by atoms with Gasteiger partial charge in [0.2, 0.25) is 5.78 Å². The van der Waals surface area contributed by atoms with Gasteiger partial charge in [0.1, 0.15) is 11.3 Å². The molecule has 0 fully saturated rings. The quantitative estimate of drug-likeness (QED) is 0.565. The van der Waals surface area contributed by atoms with Gasteiger partial charge in [-0.2, -0.15) is 5.10 Å². The fraction of sp³-hybridized carbons (Fsp3) is 0.438. The van der Waals surface area contributed by atoms with Gasteiger partial charge in [0, 0.05) is 6.54 Å². The Hall–Kier alpha value is -1.05. The van der Waals surface area contributed by atoms with Gasteiger partial charge in [-0.15, -0.1) is 34.9 Å². The topological polar surface area (TPSA) is 49.7 Å². The Labute approximate surface area is 149 Å². The molecule has 0 bridgehead atoms. The van der Waals surface area contributed by atoms with E-state index in [0.717, 1.165) is 15.5 Å². The number of amides is 1. The minimum atomic E-state index is -0.283. The number of carbonyl (C=O) groups excluding carboxylic acids is 2. The van der Waals surface area contributed by atoms with Crippen molar-refractivity contribution in [2.24, 2.45) is 11.0 Å². The molecule has 4 nitrogen and oxygen atoms in total. The van der Waals surface area contributed by atoms with Crippen LogP contribution < -0.4 is 0 Å². The number of nitrogens with zero attached hydrogens (tertiary/aromatic N) is 2. The first-order chi connectivity index (χ1) is 11.0. The lowest BCUT2D eigenvalue weighted by molar-refractivity contribution is -0.130. The molecule has 1 aliphatic heterocycles. The van der Waals surface area contributed by atoms with Crippen molar-refractivity contribution in [1.82, 2.24) is 5.01 Å². The van der Waals surface area contributed by atoms with Crippen molar-refractivity contribution in [2.75, 3.05) is 19.1 Å². The number of carbonyl (C=O) groups is 2. The van der Waals surface area contributed by atoms with Crippen LogP contribution in [0.5, 0.6) is 0 Å². The fourth-order valence-corrected chi connectivity index (χ4v) is 4.27. The SMILES string of the molecule is CSC(SC)=C1C(=O)C(c2cccs2)=NN(CCC(C)C)C1=O. The van der Waals surface area contributed by atoms with Gasteiger partial charge in [0.15, 0.2) is 0 Å². The van der Waals surface area contributed by atoms with E-state index in [9.17, 15) is 9.59 Å². The van der Waals surface area contributed by atoms with E-state index in [1.54, 1.807) is 0 Å². The molecule has 1 aromatic rings. The summed E-state index contributed by atoms with van der Waals surface area (Å²) in [5.41, 5.74) is 0.631. The maximum Gasteiger partial charge on any atom is 0.279 e. The molecule has 0 aromatic carbocycles. The average molecular weight is 369 g/mol. The van der Waals surface area contributed by atoms with Crippen molar-refractivity contribution in [3.63, 3.8) is 0 Å².